The lowest BCUT2D eigenvalue weighted by molar-refractivity contribution is 0.0621. The lowest BCUT2D eigenvalue weighted by Crippen LogP contribution is -2.48. The largest absolute Gasteiger partial charge is 0.378 e. The summed E-state index contributed by atoms with van der Waals surface area (Å²) in [6.07, 6.45) is 1.69. The van der Waals surface area contributed by atoms with Gasteiger partial charge in [-0.1, -0.05) is 17.7 Å². The SMILES string of the molecule is O=C(c1cc(N2CCOCC2)ccn1)N1CCN(Cc2c(F)cccc2Cl)CC1. The summed E-state index contributed by atoms with van der Waals surface area (Å²) in [5.41, 5.74) is 1.97. The lowest BCUT2D eigenvalue weighted by Gasteiger charge is -2.35. The first-order chi connectivity index (χ1) is 14.1. The molecule has 0 spiro atoms. The summed E-state index contributed by atoms with van der Waals surface area (Å²) in [5, 5.41) is 0.438. The van der Waals surface area contributed by atoms with Gasteiger partial charge in [0.15, 0.2) is 0 Å². The molecule has 154 valence electrons. The molecule has 0 unspecified atom stereocenters. The Morgan fingerprint density at radius 3 is 2.59 bits per heavy atom. The number of carbonyl (C=O) groups excluding carboxylic acids is 1. The maximum absolute atomic E-state index is 14.0. The number of hydrogen-bond acceptors (Lipinski definition) is 5. The number of ether oxygens (including phenoxy) is 1. The first-order valence-corrected chi connectivity index (χ1v) is 10.2. The molecule has 1 amide bonds. The molecule has 8 heteroatoms. The van der Waals surface area contributed by atoms with E-state index in [1.165, 1.54) is 6.07 Å². The van der Waals surface area contributed by atoms with E-state index < -0.39 is 0 Å². The van der Waals surface area contributed by atoms with Crippen molar-refractivity contribution < 1.29 is 13.9 Å². The van der Waals surface area contributed by atoms with Crippen molar-refractivity contribution in [2.45, 2.75) is 6.54 Å². The number of anilines is 1. The standard InChI is InChI=1S/C21H24ClFN4O2/c22-18-2-1-3-19(23)17(18)15-25-6-8-27(9-7-25)21(28)20-14-16(4-5-24-20)26-10-12-29-13-11-26/h1-5,14H,6-13,15H2. The summed E-state index contributed by atoms with van der Waals surface area (Å²) in [6, 6.07) is 8.52. The number of rotatable bonds is 4. The number of morpholine rings is 1. The Labute approximate surface area is 174 Å². The van der Waals surface area contributed by atoms with Crippen LogP contribution in [-0.4, -0.2) is 73.2 Å². The number of carbonyl (C=O) groups is 1. The van der Waals surface area contributed by atoms with Crippen LogP contribution in [-0.2, 0) is 11.3 Å². The zero-order chi connectivity index (χ0) is 20.2. The predicted octanol–water partition coefficient (Wildman–Crippen LogP) is 2.67. The second-order valence-corrected chi connectivity index (χ2v) is 7.67. The van der Waals surface area contributed by atoms with E-state index >= 15 is 0 Å². The van der Waals surface area contributed by atoms with Crippen molar-refractivity contribution in [1.29, 1.82) is 0 Å². The molecular weight excluding hydrogens is 395 g/mol. The molecule has 0 bridgehead atoms. The summed E-state index contributed by atoms with van der Waals surface area (Å²) in [4.78, 5) is 23.4. The molecule has 0 saturated carbocycles. The molecule has 0 atom stereocenters. The normalized spacial score (nSPS) is 18.1. The number of amides is 1. The van der Waals surface area contributed by atoms with E-state index in [0.29, 0.717) is 62.2 Å². The summed E-state index contributed by atoms with van der Waals surface area (Å²) in [6.45, 7) is 5.95. The van der Waals surface area contributed by atoms with E-state index in [2.05, 4.69) is 14.8 Å². The molecule has 1 aromatic carbocycles. The van der Waals surface area contributed by atoms with Crippen molar-refractivity contribution >= 4 is 23.2 Å². The van der Waals surface area contributed by atoms with E-state index in [-0.39, 0.29) is 11.7 Å². The Balaban J connectivity index is 1.37. The summed E-state index contributed by atoms with van der Waals surface area (Å²) in [7, 11) is 0. The van der Waals surface area contributed by atoms with Crippen LogP contribution < -0.4 is 4.90 Å². The lowest BCUT2D eigenvalue weighted by atomic mass is 10.1. The minimum atomic E-state index is -0.292. The van der Waals surface area contributed by atoms with Crippen LogP contribution in [0.3, 0.4) is 0 Å². The molecule has 2 aliphatic rings. The van der Waals surface area contributed by atoms with Crippen LogP contribution in [0.25, 0.3) is 0 Å². The minimum absolute atomic E-state index is 0.0660. The van der Waals surface area contributed by atoms with Crippen molar-refractivity contribution in [2.24, 2.45) is 0 Å². The fourth-order valence-electron chi connectivity index (χ4n) is 3.73. The van der Waals surface area contributed by atoms with Gasteiger partial charge in [0.2, 0.25) is 0 Å². The smallest absolute Gasteiger partial charge is 0.272 e. The average Bonchev–Trinajstić information content (AvgIpc) is 2.77. The quantitative estimate of drug-likeness (QED) is 0.764. The Hall–Kier alpha value is -2.22. The van der Waals surface area contributed by atoms with Crippen LogP contribution in [0.4, 0.5) is 10.1 Å². The van der Waals surface area contributed by atoms with Gasteiger partial charge >= 0.3 is 0 Å². The molecule has 0 radical (unpaired) electrons. The van der Waals surface area contributed by atoms with Crippen molar-refractivity contribution in [3.63, 3.8) is 0 Å². The Kier molecular flexibility index (Phi) is 6.28. The number of benzene rings is 1. The highest BCUT2D eigenvalue weighted by molar-refractivity contribution is 6.31. The van der Waals surface area contributed by atoms with Crippen molar-refractivity contribution in [3.8, 4) is 0 Å². The summed E-state index contributed by atoms with van der Waals surface area (Å²) < 4.78 is 19.4. The Morgan fingerprint density at radius 1 is 1.10 bits per heavy atom. The van der Waals surface area contributed by atoms with Gasteiger partial charge in [-0.15, -0.1) is 0 Å². The zero-order valence-electron chi connectivity index (χ0n) is 16.2. The molecule has 2 saturated heterocycles. The van der Waals surface area contributed by atoms with Crippen LogP contribution in [0.15, 0.2) is 36.5 Å². The second kappa shape index (κ2) is 9.07. The Morgan fingerprint density at radius 2 is 1.86 bits per heavy atom. The second-order valence-electron chi connectivity index (χ2n) is 7.27. The van der Waals surface area contributed by atoms with Crippen molar-refractivity contribution in [3.05, 3.63) is 58.6 Å². The van der Waals surface area contributed by atoms with Gasteiger partial charge in [0.05, 0.1) is 13.2 Å². The van der Waals surface area contributed by atoms with Gasteiger partial charge in [-0.05, 0) is 24.3 Å². The highest BCUT2D eigenvalue weighted by Gasteiger charge is 2.24. The molecule has 29 heavy (non-hydrogen) atoms. The third-order valence-corrected chi connectivity index (χ3v) is 5.80. The number of pyridine rings is 1. The third-order valence-electron chi connectivity index (χ3n) is 5.44. The van der Waals surface area contributed by atoms with Gasteiger partial charge < -0.3 is 14.5 Å². The molecule has 6 nitrogen and oxygen atoms in total. The first kappa shape index (κ1) is 20.1. The maximum Gasteiger partial charge on any atom is 0.272 e. The topological polar surface area (TPSA) is 48.9 Å². The van der Waals surface area contributed by atoms with E-state index in [1.807, 2.05) is 17.0 Å². The van der Waals surface area contributed by atoms with Gasteiger partial charge in [-0.25, -0.2) is 4.39 Å². The molecule has 0 N–H and O–H groups in total. The molecule has 1 aromatic heterocycles. The van der Waals surface area contributed by atoms with Crippen LogP contribution in [0.2, 0.25) is 5.02 Å². The molecule has 4 rings (SSSR count). The monoisotopic (exact) mass is 418 g/mol. The predicted molar refractivity (Wildman–Crippen MR) is 110 cm³/mol. The van der Waals surface area contributed by atoms with E-state index in [9.17, 15) is 9.18 Å². The molecule has 2 aromatic rings. The molecule has 3 heterocycles. The minimum Gasteiger partial charge on any atom is -0.378 e. The van der Waals surface area contributed by atoms with Crippen LogP contribution in [0.1, 0.15) is 16.1 Å². The number of halogens is 2. The number of aromatic nitrogens is 1. The Bertz CT molecular complexity index is 847. The highest BCUT2D eigenvalue weighted by Crippen LogP contribution is 2.22. The van der Waals surface area contributed by atoms with Gasteiger partial charge in [-0.2, -0.15) is 0 Å². The summed E-state index contributed by atoms with van der Waals surface area (Å²) in [5.74, 6) is -0.358. The first-order valence-electron chi connectivity index (χ1n) is 9.85. The van der Waals surface area contributed by atoms with E-state index in [4.69, 9.17) is 16.3 Å². The van der Waals surface area contributed by atoms with Gasteiger partial charge in [0.25, 0.3) is 5.91 Å². The number of hydrogen-bond donors (Lipinski definition) is 0. The zero-order valence-corrected chi connectivity index (χ0v) is 16.9. The van der Waals surface area contributed by atoms with Crippen LogP contribution >= 0.6 is 11.6 Å². The van der Waals surface area contributed by atoms with Crippen LogP contribution in [0.5, 0.6) is 0 Å². The fraction of sp³-hybridized carbons (Fsp3) is 0.429. The van der Waals surface area contributed by atoms with Crippen molar-refractivity contribution in [2.75, 3.05) is 57.4 Å². The van der Waals surface area contributed by atoms with Crippen LogP contribution in [0, 0.1) is 5.82 Å². The maximum atomic E-state index is 14.0. The van der Waals surface area contributed by atoms with Gasteiger partial charge in [0.1, 0.15) is 11.5 Å². The van der Waals surface area contributed by atoms with E-state index in [1.54, 1.807) is 18.3 Å². The van der Waals surface area contributed by atoms with E-state index in [0.717, 1.165) is 18.8 Å². The summed E-state index contributed by atoms with van der Waals surface area (Å²) >= 11 is 6.14. The average molecular weight is 419 g/mol. The molecule has 2 aliphatic heterocycles. The molecular formula is C21H24ClFN4O2. The highest BCUT2D eigenvalue weighted by atomic mass is 35.5. The molecule has 0 aliphatic carbocycles. The van der Waals surface area contributed by atoms with Gasteiger partial charge in [-0.3, -0.25) is 14.7 Å². The number of piperazine rings is 1. The third kappa shape index (κ3) is 4.69. The molecule has 2 fully saturated rings. The number of nitrogens with zero attached hydrogens (tertiary/aromatic N) is 4. The fourth-order valence-corrected chi connectivity index (χ4v) is 3.96. The van der Waals surface area contributed by atoms with Gasteiger partial charge in [0, 0.05) is 68.3 Å². The van der Waals surface area contributed by atoms with Crippen molar-refractivity contribution in [1.82, 2.24) is 14.8 Å².